The number of aliphatic hydroxyl groups excluding tert-OH is 3. The van der Waals surface area contributed by atoms with Crippen LogP contribution in [-0.4, -0.2) is 59.2 Å². The minimum atomic E-state index is -1.29. The third-order valence-electron chi connectivity index (χ3n) is 3.68. The van der Waals surface area contributed by atoms with Gasteiger partial charge in [0, 0.05) is 13.2 Å². The fourth-order valence-corrected chi connectivity index (χ4v) is 2.33. The zero-order chi connectivity index (χ0) is 15.0. The summed E-state index contributed by atoms with van der Waals surface area (Å²) in [5.74, 6) is 0. The number of aliphatic hydroxyl groups is 3. The van der Waals surface area contributed by atoms with E-state index in [4.69, 9.17) is 15.2 Å². The zero-order valence-corrected chi connectivity index (χ0v) is 12.3. The fraction of sp³-hybridized carbons (Fsp3) is 1.00. The summed E-state index contributed by atoms with van der Waals surface area (Å²) in [6, 6.07) is 0. The van der Waals surface area contributed by atoms with Gasteiger partial charge >= 0.3 is 0 Å². The van der Waals surface area contributed by atoms with Gasteiger partial charge in [0.25, 0.3) is 0 Å². The molecule has 0 aromatic heterocycles. The molecule has 0 unspecified atom stereocenters. The molecule has 1 saturated heterocycles. The highest BCUT2D eigenvalue weighted by atomic mass is 16.7. The normalized spacial score (nSPS) is 34.4. The van der Waals surface area contributed by atoms with Crippen LogP contribution in [0.2, 0.25) is 0 Å². The third kappa shape index (κ3) is 5.27. The molecule has 0 aromatic carbocycles. The van der Waals surface area contributed by atoms with Gasteiger partial charge in [-0.05, 0) is 6.42 Å². The highest BCUT2D eigenvalue weighted by Crippen LogP contribution is 2.21. The van der Waals surface area contributed by atoms with Crippen LogP contribution in [0.4, 0.5) is 0 Å². The Morgan fingerprint density at radius 2 is 1.60 bits per heavy atom. The molecule has 0 aromatic rings. The lowest BCUT2D eigenvalue weighted by atomic mass is 9.99. The van der Waals surface area contributed by atoms with Gasteiger partial charge in [-0.2, -0.15) is 0 Å². The van der Waals surface area contributed by atoms with Crippen LogP contribution in [-0.2, 0) is 9.47 Å². The van der Waals surface area contributed by atoms with Crippen LogP contribution >= 0.6 is 0 Å². The summed E-state index contributed by atoms with van der Waals surface area (Å²) in [5, 5.41) is 29.1. The second-order valence-electron chi connectivity index (χ2n) is 5.39. The van der Waals surface area contributed by atoms with Gasteiger partial charge in [0.1, 0.15) is 24.4 Å². The average Bonchev–Trinajstić information content (AvgIpc) is 2.46. The Bertz CT molecular complexity index is 252. The molecule has 0 amide bonds. The van der Waals surface area contributed by atoms with Crippen molar-refractivity contribution in [2.45, 2.75) is 76.2 Å². The van der Waals surface area contributed by atoms with Crippen molar-refractivity contribution in [3.05, 3.63) is 0 Å². The van der Waals surface area contributed by atoms with Gasteiger partial charge in [-0.15, -0.1) is 0 Å². The molecule has 1 rings (SSSR count). The topological polar surface area (TPSA) is 105 Å². The fourth-order valence-electron chi connectivity index (χ4n) is 2.33. The summed E-state index contributed by atoms with van der Waals surface area (Å²) >= 11 is 0. The summed E-state index contributed by atoms with van der Waals surface area (Å²) in [4.78, 5) is 0. The van der Waals surface area contributed by atoms with Crippen molar-refractivity contribution in [2.24, 2.45) is 5.73 Å². The quantitative estimate of drug-likeness (QED) is 0.450. The molecule has 0 saturated carbocycles. The molecule has 6 nitrogen and oxygen atoms in total. The van der Waals surface area contributed by atoms with E-state index in [0.717, 1.165) is 12.8 Å². The molecular weight excluding hydrogens is 262 g/mol. The Morgan fingerprint density at radius 3 is 2.25 bits per heavy atom. The molecule has 20 heavy (non-hydrogen) atoms. The molecule has 1 aliphatic rings. The molecular formula is C14H29NO5. The first-order chi connectivity index (χ1) is 9.61. The predicted octanol–water partition coefficient (Wildman–Crippen LogP) is 0.130. The van der Waals surface area contributed by atoms with Gasteiger partial charge in [0.05, 0.1) is 0 Å². The van der Waals surface area contributed by atoms with Crippen molar-refractivity contribution in [1.29, 1.82) is 0 Å². The van der Waals surface area contributed by atoms with Crippen LogP contribution in [0.5, 0.6) is 0 Å². The zero-order valence-electron chi connectivity index (χ0n) is 12.3. The predicted molar refractivity (Wildman–Crippen MR) is 75.1 cm³/mol. The van der Waals surface area contributed by atoms with Crippen LogP contribution in [0, 0.1) is 0 Å². The van der Waals surface area contributed by atoms with Crippen LogP contribution in [0.25, 0.3) is 0 Å². The van der Waals surface area contributed by atoms with E-state index < -0.39 is 30.7 Å². The second kappa shape index (κ2) is 9.65. The van der Waals surface area contributed by atoms with Crippen molar-refractivity contribution in [2.75, 3.05) is 13.2 Å². The molecule has 0 aliphatic carbocycles. The van der Waals surface area contributed by atoms with Crippen LogP contribution in [0.15, 0.2) is 0 Å². The maximum atomic E-state index is 9.79. The Labute approximate surface area is 120 Å². The lowest BCUT2D eigenvalue weighted by Gasteiger charge is -2.39. The molecule has 5 atom stereocenters. The van der Waals surface area contributed by atoms with Crippen molar-refractivity contribution < 1.29 is 24.8 Å². The molecule has 0 radical (unpaired) electrons. The lowest BCUT2D eigenvalue weighted by Crippen LogP contribution is -2.60. The van der Waals surface area contributed by atoms with Gasteiger partial charge in [0.2, 0.25) is 0 Å². The van der Waals surface area contributed by atoms with E-state index in [9.17, 15) is 15.3 Å². The van der Waals surface area contributed by atoms with E-state index in [2.05, 4.69) is 6.92 Å². The van der Waals surface area contributed by atoms with E-state index in [-0.39, 0.29) is 6.54 Å². The Balaban J connectivity index is 2.21. The lowest BCUT2D eigenvalue weighted by molar-refractivity contribution is -0.294. The van der Waals surface area contributed by atoms with Crippen LogP contribution in [0.1, 0.15) is 45.4 Å². The number of hydrogen-bond donors (Lipinski definition) is 4. The van der Waals surface area contributed by atoms with Crippen molar-refractivity contribution >= 4 is 0 Å². The summed E-state index contributed by atoms with van der Waals surface area (Å²) < 4.78 is 10.8. The number of rotatable bonds is 9. The first-order valence-electron chi connectivity index (χ1n) is 7.63. The van der Waals surface area contributed by atoms with Crippen molar-refractivity contribution in [3.63, 3.8) is 0 Å². The summed E-state index contributed by atoms with van der Waals surface area (Å²) in [7, 11) is 0. The minimum absolute atomic E-state index is 0.0713. The molecule has 1 aliphatic heterocycles. The van der Waals surface area contributed by atoms with E-state index in [1.54, 1.807) is 0 Å². The first kappa shape index (κ1) is 17.8. The summed E-state index contributed by atoms with van der Waals surface area (Å²) in [5.41, 5.74) is 5.45. The summed E-state index contributed by atoms with van der Waals surface area (Å²) in [6.45, 7) is 2.72. The highest BCUT2D eigenvalue weighted by Gasteiger charge is 2.43. The first-order valence-corrected chi connectivity index (χ1v) is 7.63. The maximum absolute atomic E-state index is 9.79. The number of hydrogen-bond acceptors (Lipinski definition) is 6. The van der Waals surface area contributed by atoms with Gasteiger partial charge in [-0.25, -0.2) is 0 Å². The van der Waals surface area contributed by atoms with Crippen LogP contribution < -0.4 is 5.73 Å². The molecule has 0 bridgehead atoms. The number of nitrogens with two attached hydrogens (primary N) is 1. The van der Waals surface area contributed by atoms with Crippen molar-refractivity contribution in [3.8, 4) is 0 Å². The van der Waals surface area contributed by atoms with E-state index in [1.807, 2.05) is 0 Å². The monoisotopic (exact) mass is 291 g/mol. The molecule has 1 fully saturated rings. The number of ether oxygens (including phenoxy) is 2. The highest BCUT2D eigenvalue weighted by molar-refractivity contribution is 4.89. The molecule has 0 spiro atoms. The molecule has 120 valence electrons. The third-order valence-corrected chi connectivity index (χ3v) is 3.68. The van der Waals surface area contributed by atoms with E-state index in [0.29, 0.717) is 6.61 Å². The molecule has 5 N–H and O–H groups in total. The van der Waals surface area contributed by atoms with Crippen molar-refractivity contribution in [1.82, 2.24) is 0 Å². The van der Waals surface area contributed by atoms with E-state index >= 15 is 0 Å². The average molecular weight is 291 g/mol. The maximum Gasteiger partial charge on any atom is 0.186 e. The van der Waals surface area contributed by atoms with E-state index in [1.165, 1.54) is 25.7 Å². The Morgan fingerprint density at radius 1 is 0.950 bits per heavy atom. The minimum Gasteiger partial charge on any atom is -0.388 e. The van der Waals surface area contributed by atoms with Gasteiger partial charge in [0.15, 0.2) is 6.29 Å². The van der Waals surface area contributed by atoms with Gasteiger partial charge in [-0.1, -0.05) is 39.0 Å². The SMILES string of the molecule is CCCCCCCCO[C@@H]1O[C@H](CN)[C@@H](O)[C@H](O)[C@H]1O. The Kier molecular flexibility index (Phi) is 8.60. The van der Waals surface area contributed by atoms with Gasteiger partial charge in [-0.3, -0.25) is 0 Å². The second-order valence-corrected chi connectivity index (χ2v) is 5.39. The summed E-state index contributed by atoms with van der Waals surface area (Å²) in [6.07, 6.45) is 1.53. The molecule has 6 heteroatoms. The molecule has 1 heterocycles. The smallest absolute Gasteiger partial charge is 0.186 e. The standard InChI is InChI=1S/C14H29NO5/c1-2-3-4-5-6-7-8-19-14-13(18)12(17)11(16)10(9-15)20-14/h10-14,16-18H,2-9,15H2,1H3/t10-,11-,12+,13-,14-/m1/s1. The van der Waals surface area contributed by atoms with Crippen LogP contribution in [0.3, 0.4) is 0 Å². The Hall–Kier alpha value is -0.240. The number of unbranched alkanes of at least 4 members (excludes halogenated alkanes) is 5. The van der Waals surface area contributed by atoms with Gasteiger partial charge < -0.3 is 30.5 Å². The largest absolute Gasteiger partial charge is 0.388 e.